The van der Waals surface area contributed by atoms with Crippen molar-refractivity contribution >= 4 is 11.8 Å². The molecule has 1 aliphatic rings. The van der Waals surface area contributed by atoms with Gasteiger partial charge in [0.25, 0.3) is 0 Å². The molecule has 0 bridgehead atoms. The van der Waals surface area contributed by atoms with Crippen LogP contribution in [0.15, 0.2) is 35.3 Å². The molecule has 0 amide bonds. The molecule has 0 aromatic heterocycles. The number of halogens is 3. The van der Waals surface area contributed by atoms with Crippen LogP contribution in [0.2, 0.25) is 0 Å². The van der Waals surface area contributed by atoms with E-state index in [9.17, 15) is 13.2 Å². The summed E-state index contributed by atoms with van der Waals surface area (Å²) in [6, 6.07) is 5.86. The first-order valence-electron chi connectivity index (χ1n) is 5.08. The molecule has 17 heavy (non-hydrogen) atoms. The summed E-state index contributed by atoms with van der Waals surface area (Å²) < 4.78 is 39.6. The van der Waals surface area contributed by atoms with Gasteiger partial charge >= 0.3 is 6.36 Å². The second-order valence-electron chi connectivity index (χ2n) is 3.55. The van der Waals surface area contributed by atoms with Gasteiger partial charge in [-0.25, -0.2) is 0 Å². The molecular formula is C12H10F3NO. The van der Waals surface area contributed by atoms with Crippen molar-refractivity contribution in [2.75, 3.05) is 6.54 Å². The second kappa shape index (κ2) is 4.61. The van der Waals surface area contributed by atoms with E-state index in [4.69, 9.17) is 0 Å². The number of ether oxygens (including phenoxy) is 1. The highest BCUT2D eigenvalue weighted by molar-refractivity contribution is 5.81. The lowest BCUT2D eigenvalue weighted by Gasteiger charge is -2.11. The highest BCUT2D eigenvalue weighted by atomic mass is 19.4. The molecule has 2 rings (SSSR count). The van der Waals surface area contributed by atoms with Crippen LogP contribution >= 0.6 is 0 Å². The van der Waals surface area contributed by atoms with Gasteiger partial charge in [-0.15, -0.1) is 13.2 Å². The number of benzene rings is 1. The van der Waals surface area contributed by atoms with Crippen LogP contribution in [0.25, 0.3) is 5.57 Å². The van der Waals surface area contributed by atoms with Crippen molar-refractivity contribution < 1.29 is 17.9 Å². The number of hydrogen-bond donors (Lipinski definition) is 0. The zero-order valence-corrected chi connectivity index (χ0v) is 8.87. The van der Waals surface area contributed by atoms with Crippen LogP contribution in [0.1, 0.15) is 12.0 Å². The minimum absolute atomic E-state index is 0.202. The maximum Gasteiger partial charge on any atom is 0.573 e. The third-order valence-corrected chi connectivity index (χ3v) is 2.34. The lowest BCUT2D eigenvalue weighted by Crippen LogP contribution is -2.17. The first-order chi connectivity index (χ1) is 8.04. The lowest BCUT2D eigenvalue weighted by atomic mass is 10.0. The molecule has 90 valence electrons. The number of allylic oxidation sites excluding steroid dienone is 1. The van der Waals surface area contributed by atoms with Gasteiger partial charge in [-0.05, 0) is 23.3 Å². The molecule has 0 saturated heterocycles. The van der Waals surface area contributed by atoms with Crippen molar-refractivity contribution in [3.8, 4) is 5.75 Å². The number of rotatable bonds is 2. The minimum Gasteiger partial charge on any atom is -0.406 e. The molecule has 0 radical (unpaired) electrons. The monoisotopic (exact) mass is 241 g/mol. The van der Waals surface area contributed by atoms with E-state index in [1.807, 2.05) is 6.08 Å². The van der Waals surface area contributed by atoms with Crippen LogP contribution in [0.4, 0.5) is 13.2 Å². The maximum atomic E-state index is 11.9. The Morgan fingerprint density at radius 3 is 2.35 bits per heavy atom. The SMILES string of the molecule is FC(F)(F)Oc1ccc(C2=CCN=CC2)cc1. The Kier molecular flexibility index (Phi) is 3.17. The lowest BCUT2D eigenvalue weighted by molar-refractivity contribution is -0.274. The van der Waals surface area contributed by atoms with Gasteiger partial charge in [-0.3, -0.25) is 4.99 Å². The van der Waals surface area contributed by atoms with Gasteiger partial charge in [0.15, 0.2) is 0 Å². The molecular weight excluding hydrogens is 231 g/mol. The summed E-state index contributed by atoms with van der Waals surface area (Å²) in [7, 11) is 0. The Bertz CT molecular complexity index is 446. The molecule has 0 N–H and O–H groups in total. The maximum absolute atomic E-state index is 11.9. The first-order valence-corrected chi connectivity index (χ1v) is 5.08. The van der Waals surface area contributed by atoms with E-state index in [1.165, 1.54) is 12.1 Å². The normalized spacial score (nSPS) is 15.6. The molecule has 0 spiro atoms. The number of dihydropyridines is 1. The van der Waals surface area contributed by atoms with Crippen molar-refractivity contribution in [2.24, 2.45) is 4.99 Å². The Morgan fingerprint density at radius 1 is 1.12 bits per heavy atom. The zero-order chi connectivity index (χ0) is 12.3. The molecule has 1 aromatic rings. The first kappa shape index (κ1) is 11.7. The standard InChI is InChI=1S/C12H10F3NO/c13-12(14,15)17-11-3-1-9(2-4-11)10-5-7-16-8-6-10/h1-5,8H,6-7H2. The van der Waals surface area contributed by atoms with Crippen molar-refractivity contribution in [1.29, 1.82) is 0 Å². The van der Waals surface area contributed by atoms with E-state index in [-0.39, 0.29) is 5.75 Å². The minimum atomic E-state index is -4.64. The molecule has 0 saturated carbocycles. The summed E-state index contributed by atoms with van der Waals surface area (Å²) in [6.07, 6.45) is -0.174. The number of alkyl halides is 3. The van der Waals surface area contributed by atoms with Gasteiger partial charge in [-0.1, -0.05) is 18.2 Å². The molecule has 2 nitrogen and oxygen atoms in total. The average Bonchev–Trinajstić information content (AvgIpc) is 2.29. The molecule has 5 heteroatoms. The van der Waals surface area contributed by atoms with Crippen LogP contribution in [0.3, 0.4) is 0 Å². The van der Waals surface area contributed by atoms with Crippen LogP contribution in [0.5, 0.6) is 5.75 Å². The van der Waals surface area contributed by atoms with E-state index in [1.54, 1.807) is 18.3 Å². The average molecular weight is 241 g/mol. The Morgan fingerprint density at radius 2 is 1.82 bits per heavy atom. The molecule has 1 heterocycles. The zero-order valence-electron chi connectivity index (χ0n) is 8.87. The van der Waals surface area contributed by atoms with E-state index >= 15 is 0 Å². The molecule has 0 unspecified atom stereocenters. The smallest absolute Gasteiger partial charge is 0.406 e. The van der Waals surface area contributed by atoms with E-state index in [0.29, 0.717) is 13.0 Å². The summed E-state index contributed by atoms with van der Waals surface area (Å²) in [5, 5.41) is 0. The van der Waals surface area contributed by atoms with E-state index in [0.717, 1.165) is 11.1 Å². The predicted molar refractivity (Wildman–Crippen MR) is 59.1 cm³/mol. The van der Waals surface area contributed by atoms with Crippen molar-refractivity contribution in [3.63, 3.8) is 0 Å². The van der Waals surface area contributed by atoms with Gasteiger partial charge in [0.1, 0.15) is 5.75 Å². The van der Waals surface area contributed by atoms with Gasteiger partial charge in [0.05, 0.1) is 6.54 Å². The molecule has 0 atom stereocenters. The quantitative estimate of drug-likeness (QED) is 0.777. The van der Waals surface area contributed by atoms with Crippen molar-refractivity contribution in [1.82, 2.24) is 0 Å². The highest BCUT2D eigenvalue weighted by Crippen LogP contribution is 2.26. The predicted octanol–water partition coefficient (Wildman–Crippen LogP) is 3.44. The van der Waals surface area contributed by atoms with Crippen molar-refractivity contribution in [3.05, 3.63) is 35.9 Å². The fourth-order valence-electron chi connectivity index (χ4n) is 1.59. The Labute approximate surface area is 96.4 Å². The summed E-state index contributed by atoms with van der Waals surface area (Å²) in [6.45, 7) is 0.621. The fraction of sp³-hybridized carbons (Fsp3) is 0.250. The van der Waals surface area contributed by atoms with Crippen molar-refractivity contribution in [2.45, 2.75) is 12.8 Å². The third-order valence-electron chi connectivity index (χ3n) is 2.34. The van der Waals surface area contributed by atoms with Crippen LogP contribution < -0.4 is 4.74 Å². The van der Waals surface area contributed by atoms with Crippen LogP contribution in [-0.4, -0.2) is 19.1 Å². The Balaban J connectivity index is 2.10. The molecule has 0 fully saturated rings. The number of aliphatic imine (C=N–C) groups is 1. The van der Waals surface area contributed by atoms with Gasteiger partial charge in [-0.2, -0.15) is 0 Å². The molecule has 1 aromatic carbocycles. The van der Waals surface area contributed by atoms with Gasteiger partial charge in [0.2, 0.25) is 0 Å². The van der Waals surface area contributed by atoms with Gasteiger partial charge < -0.3 is 4.74 Å². The highest BCUT2D eigenvalue weighted by Gasteiger charge is 2.30. The third kappa shape index (κ3) is 3.34. The number of nitrogens with zero attached hydrogens (tertiary/aromatic N) is 1. The van der Waals surface area contributed by atoms with Gasteiger partial charge in [0, 0.05) is 12.6 Å². The second-order valence-corrected chi connectivity index (χ2v) is 3.55. The molecule has 0 aliphatic carbocycles. The Hall–Kier alpha value is -1.78. The largest absolute Gasteiger partial charge is 0.573 e. The van der Waals surface area contributed by atoms with E-state index < -0.39 is 6.36 Å². The van der Waals surface area contributed by atoms with Crippen LogP contribution in [0, 0.1) is 0 Å². The topological polar surface area (TPSA) is 21.6 Å². The summed E-state index contributed by atoms with van der Waals surface area (Å²) >= 11 is 0. The number of hydrogen-bond acceptors (Lipinski definition) is 2. The molecule has 1 aliphatic heterocycles. The summed E-state index contributed by atoms with van der Waals surface area (Å²) in [4.78, 5) is 4.04. The fourth-order valence-corrected chi connectivity index (χ4v) is 1.59. The summed E-state index contributed by atoms with van der Waals surface area (Å²) in [5.41, 5.74) is 1.96. The van der Waals surface area contributed by atoms with E-state index in [2.05, 4.69) is 9.73 Å². The van der Waals surface area contributed by atoms with Crippen LogP contribution in [-0.2, 0) is 0 Å². The summed E-state index contributed by atoms with van der Waals surface area (Å²) in [5.74, 6) is -0.202.